The number of hydrogen-bond donors (Lipinski definition) is 1. The van der Waals surface area contributed by atoms with Crippen molar-refractivity contribution in [2.75, 3.05) is 12.4 Å². The average Bonchev–Trinajstić information content (AvgIpc) is 2.48. The Labute approximate surface area is 127 Å². The molecule has 0 aliphatic heterocycles. The molecular formula is C16H20F3NO2. The van der Waals surface area contributed by atoms with E-state index in [2.05, 4.69) is 5.32 Å². The molecule has 1 aliphatic rings. The van der Waals surface area contributed by atoms with E-state index in [1.807, 2.05) is 0 Å². The number of hydrogen-bond acceptors (Lipinski definition) is 2. The fourth-order valence-electron chi connectivity index (χ4n) is 2.79. The van der Waals surface area contributed by atoms with E-state index in [-0.39, 0.29) is 23.1 Å². The van der Waals surface area contributed by atoms with Crippen molar-refractivity contribution in [3.63, 3.8) is 0 Å². The molecule has 22 heavy (non-hydrogen) atoms. The monoisotopic (exact) mass is 315 g/mol. The van der Waals surface area contributed by atoms with Gasteiger partial charge in [-0.1, -0.05) is 25.3 Å². The number of amides is 1. The van der Waals surface area contributed by atoms with Crippen LogP contribution in [-0.2, 0) is 11.2 Å². The maximum Gasteiger partial charge on any atom is 0.393 e. The zero-order chi connectivity index (χ0) is 16.2. The summed E-state index contributed by atoms with van der Waals surface area (Å²) in [6.45, 7) is 0. The lowest BCUT2D eigenvalue weighted by Crippen LogP contribution is -2.24. The van der Waals surface area contributed by atoms with Crippen LogP contribution in [0.5, 0.6) is 5.75 Å². The predicted octanol–water partition coefficient (Wildman–Crippen LogP) is 4.32. The van der Waals surface area contributed by atoms with Crippen LogP contribution in [0.3, 0.4) is 0 Å². The number of carbonyl (C=O) groups excluding carboxylic acids is 1. The first-order valence-corrected chi connectivity index (χ1v) is 7.43. The van der Waals surface area contributed by atoms with Crippen molar-refractivity contribution < 1.29 is 22.7 Å². The topological polar surface area (TPSA) is 38.3 Å². The molecule has 0 saturated heterocycles. The third-order valence-electron chi connectivity index (χ3n) is 3.92. The van der Waals surface area contributed by atoms with Crippen molar-refractivity contribution in [3.8, 4) is 5.75 Å². The van der Waals surface area contributed by atoms with Gasteiger partial charge in [-0.3, -0.25) is 4.79 Å². The number of carbonyl (C=O) groups is 1. The third-order valence-corrected chi connectivity index (χ3v) is 3.92. The van der Waals surface area contributed by atoms with Crippen LogP contribution in [0.1, 0.15) is 37.7 Å². The van der Waals surface area contributed by atoms with Crippen molar-refractivity contribution in [1.82, 2.24) is 0 Å². The Bertz CT molecular complexity index is 523. The molecule has 1 amide bonds. The minimum absolute atomic E-state index is 0.00500. The van der Waals surface area contributed by atoms with Gasteiger partial charge < -0.3 is 10.1 Å². The summed E-state index contributed by atoms with van der Waals surface area (Å²) in [5.74, 6) is 0.0682. The summed E-state index contributed by atoms with van der Waals surface area (Å²) in [4.78, 5) is 12.1. The molecule has 0 aromatic heterocycles. The van der Waals surface area contributed by atoms with E-state index in [0.29, 0.717) is 5.69 Å². The van der Waals surface area contributed by atoms with Gasteiger partial charge in [0.2, 0.25) is 5.91 Å². The highest BCUT2D eigenvalue weighted by Gasteiger charge is 2.29. The molecule has 122 valence electrons. The van der Waals surface area contributed by atoms with Crippen molar-refractivity contribution in [2.45, 2.75) is 44.7 Å². The molecule has 0 spiro atoms. The summed E-state index contributed by atoms with van der Waals surface area (Å²) in [6.07, 6.45) is -0.348. The second kappa shape index (κ2) is 7.03. The summed E-state index contributed by atoms with van der Waals surface area (Å²) in [6, 6.07) is 4.29. The average molecular weight is 315 g/mol. The minimum Gasteiger partial charge on any atom is -0.496 e. The van der Waals surface area contributed by atoms with Crippen LogP contribution in [0.25, 0.3) is 0 Å². The van der Waals surface area contributed by atoms with E-state index < -0.39 is 12.6 Å². The molecule has 0 bridgehead atoms. The smallest absolute Gasteiger partial charge is 0.393 e. The van der Waals surface area contributed by atoms with Crippen LogP contribution in [0, 0.1) is 5.92 Å². The van der Waals surface area contributed by atoms with Gasteiger partial charge in [0, 0.05) is 23.2 Å². The summed E-state index contributed by atoms with van der Waals surface area (Å²) in [7, 11) is 1.32. The van der Waals surface area contributed by atoms with E-state index in [1.54, 1.807) is 0 Å². The molecule has 1 aromatic rings. The summed E-state index contributed by atoms with van der Waals surface area (Å²) in [5, 5.41) is 2.78. The van der Waals surface area contributed by atoms with Crippen molar-refractivity contribution in [3.05, 3.63) is 23.8 Å². The Morgan fingerprint density at radius 2 is 1.95 bits per heavy atom. The number of benzene rings is 1. The molecule has 1 aliphatic carbocycles. The SMILES string of the molecule is COc1cc(NC(=O)C2CCCCC2)ccc1CC(F)(F)F. The van der Waals surface area contributed by atoms with Crippen molar-refractivity contribution >= 4 is 11.6 Å². The molecule has 1 N–H and O–H groups in total. The fourth-order valence-corrected chi connectivity index (χ4v) is 2.79. The largest absolute Gasteiger partial charge is 0.496 e. The van der Waals surface area contributed by atoms with Crippen LogP contribution in [0.4, 0.5) is 18.9 Å². The van der Waals surface area contributed by atoms with Crippen LogP contribution in [-0.4, -0.2) is 19.2 Å². The van der Waals surface area contributed by atoms with Crippen LogP contribution < -0.4 is 10.1 Å². The normalized spacial score (nSPS) is 16.4. The highest BCUT2D eigenvalue weighted by Crippen LogP contribution is 2.31. The minimum atomic E-state index is -4.29. The Hall–Kier alpha value is -1.72. The highest BCUT2D eigenvalue weighted by atomic mass is 19.4. The number of methoxy groups -OCH3 is 1. The zero-order valence-corrected chi connectivity index (χ0v) is 12.5. The van der Waals surface area contributed by atoms with Gasteiger partial charge in [0.05, 0.1) is 13.5 Å². The molecule has 3 nitrogen and oxygen atoms in total. The van der Waals surface area contributed by atoms with Crippen LogP contribution in [0.15, 0.2) is 18.2 Å². The van der Waals surface area contributed by atoms with Crippen molar-refractivity contribution in [2.24, 2.45) is 5.92 Å². The highest BCUT2D eigenvalue weighted by molar-refractivity contribution is 5.92. The van der Waals surface area contributed by atoms with Gasteiger partial charge in [0.25, 0.3) is 0 Å². The second-order valence-corrected chi connectivity index (χ2v) is 5.64. The Kier molecular flexibility index (Phi) is 5.32. The van der Waals surface area contributed by atoms with Crippen LogP contribution >= 0.6 is 0 Å². The molecule has 1 saturated carbocycles. The first kappa shape index (κ1) is 16.6. The number of anilines is 1. The lowest BCUT2D eigenvalue weighted by molar-refractivity contribution is -0.127. The molecule has 0 unspecified atom stereocenters. The van der Waals surface area contributed by atoms with Gasteiger partial charge in [-0.15, -0.1) is 0 Å². The Morgan fingerprint density at radius 3 is 2.55 bits per heavy atom. The first-order valence-electron chi connectivity index (χ1n) is 7.43. The molecule has 0 heterocycles. The lowest BCUT2D eigenvalue weighted by atomic mass is 9.88. The molecule has 2 rings (SSSR count). The van der Waals surface area contributed by atoms with Crippen molar-refractivity contribution in [1.29, 1.82) is 0 Å². The lowest BCUT2D eigenvalue weighted by Gasteiger charge is -2.21. The summed E-state index contributed by atoms with van der Waals surface area (Å²) >= 11 is 0. The summed E-state index contributed by atoms with van der Waals surface area (Å²) < 4.78 is 42.5. The maximum atomic E-state index is 12.5. The standard InChI is InChI=1S/C16H20F3NO2/c1-22-14-9-13(8-7-12(14)10-16(17,18)19)20-15(21)11-5-3-2-4-6-11/h7-9,11H,2-6,10H2,1H3,(H,20,21). The van der Waals surface area contributed by atoms with Crippen LogP contribution in [0.2, 0.25) is 0 Å². The molecule has 6 heteroatoms. The van der Waals surface area contributed by atoms with Gasteiger partial charge >= 0.3 is 6.18 Å². The molecular weight excluding hydrogens is 295 g/mol. The summed E-state index contributed by atoms with van der Waals surface area (Å²) in [5.41, 5.74) is 0.531. The van der Waals surface area contributed by atoms with Gasteiger partial charge in [0.15, 0.2) is 0 Å². The molecule has 1 aromatic carbocycles. The molecule has 0 atom stereocenters. The number of ether oxygens (including phenoxy) is 1. The number of rotatable bonds is 4. The third kappa shape index (κ3) is 4.64. The number of nitrogens with one attached hydrogen (secondary N) is 1. The second-order valence-electron chi connectivity index (χ2n) is 5.64. The number of halogens is 3. The van der Waals surface area contributed by atoms with E-state index in [4.69, 9.17) is 4.74 Å². The molecule has 1 fully saturated rings. The number of alkyl halides is 3. The van der Waals surface area contributed by atoms with Gasteiger partial charge in [-0.05, 0) is 18.9 Å². The first-order chi connectivity index (χ1) is 10.4. The predicted molar refractivity (Wildman–Crippen MR) is 78.0 cm³/mol. The van der Waals surface area contributed by atoms with E-state index in [0.717, 1.165) is 32.1 Å². The maximum absolute atomic E-state index is 12.5. The Morgan fingerprint density at radius 1 is 1.27 bits per heavy atom. The fraction of sp³-hybridized carbons (Fsp3) is 0.562. The van der Waals surface area contributed by atoms with E-state index in [9.17, 15) is 18.0 Å². The van der Waals surface area contributed by atoms with E-state index in [1.165, 1.54) is 25.3 Å². The molecule has 0 radical (unpaired) electrons. The van der Waals surface area contributed by atoms with Gasteiger partial charge in [-0.2, -0.15) is 13.2 Å². The Balaban J connectivity index is 2.07. The van der Waals surface area contributed by atoms with Gasteiger partial charge in [0.1, 0.15) is 5.75 Å². The zero-order valence-electron chi connectivity index (χ0n) is 12.5. The van der Waals surface area contributed by atoms with E-state index >= 15 is 0 Å². The quantitative estimate of drug-likeness (QED) is 0.898. The van der Waals surface area contributed by atoms with Gasteiger partial charge in [-0.25, -0.2) is 0 Å².